The minimum atomic E-state index is -0.720. The molecule has 0 aromatic heterocycles. The second-order valence-corrected chi connectivity index (χ2v) is 10.00. The van der Waals surface area contributed by atoms with Gasteiger partial charge in [0.2, 0.25) is 0 Å². The third-order valence-electron chi connectivity index (χ3n) is 7.66. The van der Waals surface area contributed by atoms with E-state index in [4.69, 9.17) is 14.0 Å². The van der Waals surface area contributed by atoms with E-state index < -0.39 is 23.9 Å². The first kappa shape index (κ1) is 21.4. The average molecular weight is 433 g/mol. The van der Waals surface area contributed by atoms with Gasteiger partial charge in [0, 0.05) is 20.0 Å². The molecule has 0 atom stereocenters. The van der Waals surface area contributed by atoms with Crippen molar-refractivity contribution in [2.24, 2.45) is 0 Å². The Hall–Kier alpha value is -2.48. The molecule has 3 aliphatic rings. The van der Waals surface area contributed by atoms with Gasteiger partial charge in [-0.1, -0.05) is 36.4 Å². The molecule has 1 saturated carbocycles. The Balaban J connectivity index is 1.48. The van der Waals surface area contributed by atoms with E-state index in [9.17, 15) is 9.59 Å². The molecule has 0 radical (unpaired) electrons. The van der Waals surface area contributed by atoms with Crippen molar-refractivity contribution in [1.29, 1.82) is 0 Å². The summed E-state index contributed by atoms with van der Waals surface area (Å²) in [6, 6.07) is 14.9. The highest BCUT2D eigenvalue weighted by Gasteiger charge is 2.57. The topological polar surface area (TPSA) is 65.1 Å². The van der Waals surface area contributed by atoms with Crippen LogP contribution in [-0.4, -0.2) is 48.2 Å². The van der Waals surface area contributed by atoms with Gasteiger partial charge in [0.25, 0.3) is 11.8 Å². The number of imide groups is 1. The molecule has 0 spiro atoms. The Bertz CT molecular complexity index is 1040. The number of fused-ring (bicyclic) bond motifs is 1. The number of rotatable bonds is 4. The van der Waals surface area contributed by atoms with Crippen LogP contribution in [0.3, 0.4) is 0 Å². The normalized spacial score (nSPS) is 28.1. The standard InChI is InChI=1S/C25H28BNO5/c1-23(2)24(3,4)32-26(31-23)17-12-10-16(11-13-17)25(14-18(15-25)30-5)27-21(28)19-8-6-7-9-20(19)22(27)29/h6-13,18H,14-15H2,1-5H3/t18-,25-. The minimum Gasteiger partial charge on any atom is -0.399 e. The van der Waals surface area contributed by atoms with Gasteiger partial charge in [0.05, 0.1) is 34.0 Å². The number of hydrogen-bond donors (Lipinski definition) is 0. The summed E-state index contributed by atoms with van der Waals surface area (Å²) >= 11 is 0. The lowest BCUT2D eigenvalue weighted by atomic mass is 9.67. The van der Waals surface area contributed by atoms with Crippen LogP contribution in [0.1, 0.15) is 66.8 Å². The smallest absolute Gasteiger partial charge is 0.399 e. The van der Waals surface area contributed by atoms with Crippen LogP contribution in [0.15, 0.2) is 48.5 Å². The lowest BCUT2D eigenvalue weighted by molar-refractivity contribution is -0.0706. The fraction of sp³-hybridized carbons (Fsp3) is 0.440. The molecule has 2 fully saturated rings. The van der Waals surface area contributed by atoms with E-state index in [-0.39, 0.29) is 17.9 Å². The Labute approximate surface area is 189 Å². The number of amides is 2. The Morgan fingerprint density at radius 3 is 1.84 bits per heavy atom. The van der Waals surface area contributed by atoms with Gasteiger partial charge in [-0.05, 0) is 50.9 Å². The molecule has 0 unspecified atom stereocenters. The Morgan fingerprint density at radius 2 is 1.38 bits per heavy atom. The number of carbonyl (C=O) groups is 2. The van der Waals surface area contributed by atoms with Gasteiger partial charge in [0.15, 0.2) is 0 Å². The van der Waals surface area contributed by atoms with Crippen LogP contribution in [0.25, 0.3) is 0 Å². The number of benzene rings is 2. The monoisotopic (exact) mass is 433 g/mol. The number of carbonyl (C=O) groups excluding carboxylic acids is 2. The van der Waals surface area contributed by atoms with Crippen molar-refractivity contribution in [3.8, 4) is 0 Å². The summed E-state index contributed by atoms with van der Waals surface area (Å²) in [6.45, 7) is 8.10. The lowest BCUT2D eigenvalue weighted by Gasteiger charge is -2.51. The van der Waals surface area contributed by atoms with E-state index in [2.05, 4.69) is 0 Å². The van der Waals surface area contributed by atoms with E-state index >= 15 is 0 Å². The van der Waals surface area contributed by atoms with Gasteiger partial charge in [-0.15, -0.1) is 0 Å². The van der Waals surface area contributed by atoms with Gasteiger partial charge in [-0.2, -0.15) is 0 Å². The van der Waals surface area contributed by atoms with Crippen LogP contribution in [0.4, 0.5) is 0 Å². The zero-order valence-electron chi connectivity index (χ0n) is 19.2. The fourth-order valence-electron chi connectivity index (χ4n) is 4.92. The summed E-state index contributed by atoms with van der Waals surface area (Å²) in [6.07, 6.45) is 1.15. The maximum atomic E-state index is 13.3. The van der Waals surface area contributed by atoms with Crippen molar-refractivity contribution < 1.29 is 23.6 Å². The Morgan fingerprint density at radius 1 is 0.875 bits per heavy atom. The lowest BCUT2D eigenvalue weighted by Crippen LogP contribution is -2.59. The van der Waals surface area contributed by atoms with Crippen LogP contribution in [0.5, 0.6) is 0 Å². The number of methoxy groups -OCH3 is 1. The predicted molar refractivity (Wildman–Crippen MR) is 121 cm³/mol. The molecule has 6 nitrogen and oxygen atoms in total. The highest BCUT2D eigenvalue weighted by Crippen LogP contribution is 2.50. The van der Waals surface area contributed by atoms with Gasteiger partial charge in [0.1, 0.15) is 0 Å². The van der Waals surface area contributed by atoms with Crippen molar-refractivity contribution in [3.05, 3.63) is 65.2 Å². The third kappa shape index (κ3) is 2.91. The third-order valence-corrected chi connectivity index (χ3v) is 7.66. The highest BCUT2D eigenvalue weighted by atomic mass is 16.7. The molecule has 1 saturated heterocycles. The van der Waals surface area contributed by atoms with Crippen molar-refractivity contribution in [1.82, 2.24) is 4.90 Å². The fourth-order valence-corrected chi connectivity index (χ4v) is 4.92. The molecule has 2 aromatic rings. The van der Waals surface area contributed by atoms with Gasteiger partial charge < -0.3 is 14.0 Å². The van der Waals surface area contributed by atoms with Crippen LogP contribution in [-0.2, 0) is 19.6 Å². The van der Waals surface area contributed by atoms with E-state index in [0.29, 0.717) is 24.0 Å². The largest absolute Gasteiger partial charge is 0.494 e. The predicted octanol–water partition coefficient (Wildman–Crippen LogP) is 3.29. The van der Waals surface area contributed by atoms with Gasteiger partial charge in [-0.3, -0.25) is 14.5 Å². The molecule has 2 heterocycles. The summed E-state index contributed by atoms with van der Waals surface area (Å²) < 4.78 is 17.9. The van der Waals surface area contributed by atoms with Crippen LogP contribution < -0.4 is 5.46 Å². The summed E-state index contributed by atoms with van der Waals surface area (Å²) in [5, 5.41) is 0. The molecule has 32 heavy (non-hydrogen) atoms. The number of hydrogen-bond acceptors (Lipinski definition) is 5. The molecular weight excluding hydrogens is 405 g/mol. The summed E-state index contributed by atoms with van der Waals surface area (Å²) in [7, 11) is 1.20. The molecule has 1 aliphatic carbocycles. The second kappa shape index (κ2) is 7.01. The molecule has 0 bridgehead atoms. The van der Waals surface area contributed by atoms with E-state index in [1.165, 1.54) is 4.90 Å². The maximum absolute atomic E-state index is 13.3. The zero-order chi connectivity index (χ0) is 22.9. The zero-order valence-corrected chi connectivity index (χ0v) is 19.2. The van der Waals surface area contributed by atoms with Gasteiger partial charge >= 0.3 is 7.12 Å². The summed E-state index contributed by atoms with van der Waals surface area (Å²) in [5.41, 5.74) is 1.20. The van der Waals surface area contributed by atoms with E-state index in [1.54, 1.807) is 31.4 Å². The molecule has 2 aliphatic heterocycles. The average Bonchev–Trinajstić information content (AvgIpc) is 3.11. The molecule has 2 amide bonds. The summed E-state index contributed by atoms with van der Waals surface area (Å²) in [4.78, 5) is 28.0. The minimum absolute atomic E-state index is 0.00193. The SMILES string of the molecule is CO[C@H]1C[C@](c2ccc(B3OC(C)(C)C(C)(C)O3)cc2)(N2C(=O)c3ccccc3C2=O)C1. The highest BCUT2D eigenvalue weighted by molar-refractivity contribution is 6.62. The molecule has 0 N–H and O–H groups in total. The first-order valence-corrected chi connectivity index (χ1v) is 11.1. The van der Waals surface area contributed by atoms with E-state index in [1.807, 2.05) is 52.0 Å². The van der Waals surface area contributed by atoms with Crippen LogP contribution in [0, 0.1) is 0 Å². The summed E-state index contributed by atoms with van der Waals surface area (Å²) in [5.74, 6) is -0.481. The van der Waals surface area contributed by atoms with Crippen molar-refractivity contribution in [3.63, 3.8) is 0 Å². The molecule has 5 rings (SSSR count). The first-order valence-electron chi connectivity index (χ1n) is 11.1. The van der Waals surface area contributed by atoms with Gasteiger partial charge in [-0.25, -0.2) is 0 Å². The van der Waals surface area contributed by atoms with Crippen molar-refractivity contribution in [2.45, 2.75) is 63.4 Å². The Kier molecular flexibility index (Phi) is 4.68. The quantitative estimate of drug-likeness (QED) is 0.547. The van der Waals surface area contributed by atoms with Crippen molar-refractivity contribution in [2.75, 3.05) is 7.11 Å². The second-order valence-electron chi connectivity index (χ2n) is 10.00. The van der Waals surface area contributed by atoms with Crippen molar-refractivity contribution >= 4 is 24.4 Å². The molecule has 166 valence electrons. The molecular formula is C25H28BNO5. The first-order chi connectivity index (χ1) is 15.1. The molecule has 2 aromatic carbocycles. The van der Waals surface area contributed by atoms with Crippen LogP contribution >= 0.6 is 0 Å². The number of nitrogens with zero attached hydrogens (tertiary/aromatic N) is 1. The molecule has 7 heteroatoms. The number of ether oxygens (including phenoxy) is 1. The van der Waals surface area contributed by atoms with E-state index in [0.717, 1.165) is 11.0 Å². The maximum Gasteiger partial charge on any atom is 0.494 e. The van der Waals surface area contributed by atoms with Crippen LogP contribution in [0.2, 0.25) is 0 Å².